The van der Waals surface area contributed by atoms with Gasteiger partial charge in [-0.2, -0.15) is 0 Å². The summed E-state index contributed by atoms with van der Waals surface area (Å²) in [6.07, 6.45) is 8.27. The van der Waals surface area contributed by atoms with Gasteiger partial charge in [-0.15, -0.1) is 0 Å². The minimum absolute atomic E-state index is 0.0557. The molecule has 2 N–H and O–H groups in total. The zero-order valence-corrected chi connectivity index (χ0v) is 15.7. The maximum absolute atomic E-state index is 12.8. The Morgan fingerprint density at radius 1 is 1.14 bits per heavy atom. The number of nitrogens with zero attached hydrogens (tertiary/aromatic N) is 3. The van der Waals surface area contributed by atoms with Gasteiger partial charge in [-0.1, -0.05) is 0 Å². The van der Waals surface area contributed by atoms with Crippen molar-refractivity contribution in [1.82, 2.24) is 25.2 Å². The van der Waals surface area contributed by atoms with Crippen LogP contribution in [-0.2, 0) is 0 Å². The van der Waals surface area contributed by atoms with Crippen molar-refractivity contribution in [2.24, 2.45) is 0 Å². The lowest BCUT2D eigenvalue weighted by Gasteiger charge is -2.29. The van der Waals surface area contributed by atoms with Gasteiger partial charge in [-0.3, -0.25) is 9.36 Å². The van der Waals surface area contributed by atoms with Crippen LogP contribution in [0.25, 0.3) is 5.82 Å². The van der Waals surface area contributed by atoms with Crippen LogP contribution in [-0.4, -0.2) is 45.5 Å². The highest BCUT2D eigenvalue weighted by molar-refractivity contribution is 5.93. The van der Waals surface area contributed by atoms with E-state index >= 15 is 0 Å². The molecule has 150 valence electrons. The summed E-state index contributed by atoms with van der Waals surface area (Å²) >= 11 is 0. The third-order valence-electron chi connectivity index (χ3n) is 5.51. The number of imidazole rings is 1. The minimum Gasteiger partial charge on any atom is -0.348 e. The van der Waals surface area contributed by atoms with E-state index in [1.807, 2.05) is 22.9 Å². The smallest absolute Gasteiger partial charge is 0.270 e. The number of pyridine rings is 1. The van der Waals surface area contributed by atoms with Crippen molar-refractivity contribution in [1.29, 1.82) is 0 Å². The van der Waals surface area contributed by atoms with E-state index < -0.39 is 6.43 Å². The number of carbonyl (C=O) groups excluding carboxylic acids is 1. The molecule has 2 aromatic rings. The Kier molecular flexibility index (Phi) is 5.66. The molecular weight excluding hydrogens is 364 g/mol. The fraction of sp³-hybridized carbons (Fsp3) is 0.550. The molecule has 8 heteroatoms. The second-order valence-electron chi connectivity index (χ2n) is 7.71. The van der Waals surface area contributed by atoms with E-state index in [4.69, 9.17) is 0 Å². The molecule has 2 heterocycles. The van der Waals surface area contributed by atoms with Gasteiger partial charge in [0.15, 0.2) is 0 Å². The number of hydrogen-bond acceptors (Lipinski definition) is 4. The second-order valence-corrected chi connectivity index (χ2v) is 7.71. The molecule has 0 saturated heterocycles. The van der Waals surface area contributed by atoms with Crippen LogP contribution in [0.2, 0.25) is 0 Å². The van der Waals surface area contributed by atoms with Crippen molar-refractivity contribution in [2.75, 3.05) is 6.54 Å². The van der Waals surface area contributed by atoms with Gasteiger partial charge in [0.2, 0.25) is 0 Å². The van der Waals surface area contributed by atoms with Crippen LogP contribution in [0.15, 0.2) is 30.9 Å². The van der Waals surface area contributed by atoms with Crippen molar-refractivity contribution in [3.8, 4) is 5.82 Å². The molecule has 2 aromatic heterocycles. The molecule has 2 aliphatic rings. The van der Waals surface area contributed by atoms with Crippen molar-refractivity contribution in [3.05, 3.63) is 42.1 Å². The third-order valence-corrected chi connectivity index (χ3v) is 5.51. The predicted molar refractivity (Wildman–Crippen MR) is 101 cm³/mol. The normalized spacial score (nSPS) is 22.4. The Labute approximate surface area is 162 Å². The van der Waals surface area contributed by atoms with E-state index in [1.54, 1.807) is 12.5 Å². The fourth-order valence-electron chi connectivity index (χ4n) is 3.79. The lowest BCUT2D eigenvalue weighted by Crippen LogP contribution is -2.43. The molecule has 2 fully saturated rings. The van der Waals surface area contributed by atoms with Crippen molar-refractivity contribution in [2.45, 2.75) is 63.0 Å². The summed E-state index contributed by atoms with van der Waals surface area (Å²) < 4.78 is 26.5. The van der Waals surface area contributed by atoms with Gasteiger partial charge >= 0.3 is 0 Å². The largest absolute Gasteiger partial charge is 0.348 e. The summed E-state index contributed by atoms with van der Waals surface area (Å²) in [5, 5.41) is 5.97. The zero-order chi connectivity index (χ0) is 19.5. The average Bonchev–Trinajstić information content (AvgIpc) is 3.41. The number of alkyl halides is 2. The zero-order valence-electron chi connectivity index (χ0n) is 15.7. The van der Waals surface area contributed by atoms with E-state index in [0.29, 0.717) is 17.4 Å². The van der Waals surface area contributed by atoms with Crippen LogP contribution >= 0.6 is 0 Å². The summed E-state index contributed by atoms with van der Waals surface area (Å²) in [6.45, 7) is -0.267. The SMILES string of the molecule is O=C(N[C@H]1CC[C@H](NCC(F)F)CC1)c1cc(C2CC2)cc(-n2ccnc2)n1. The van der Waals surface area contributed by atoms with E-state index in [2.05, 4.69) is 20.6 Å². The van der Waals surface area contributed by atoms with Crippen LogP contribution in [0.4, 0.5) is 8.78 Å². The maximum atomic E-state index is 12.8. The molecule has 0 bridgehead atoms. The summed E-state index contributed by atoms with van der Waals surface area (Å²) in [5.41, 5.74) is 1.56. The molecule has 2 saturated carbocycles. The second kappa shape index (κ2) is 8.34. The Morgan fingerprint density at radius 2 is 1.89 bits per heavy atom. The Balaban J connectivity index is 1.40. The molecule has 0 radical (unpaired) electrons. The van der Waals surface area contributed by atoms with Crippen molar-refractivity contribution < 1.29 is 13.6 Å². The molecule has 0 aliphatic heterocycles. The van der Waals surface area contributed by atoms with Gasteiger partial charge in [0.05, 0.1) is 6.54 Å². The Morgan fingerprint density at radius 3 is 2.54 bits per heavy atom. The summed E-state index contributed by atoms with van der Waals surface area (Å²) in [5.74, 6) is 1.04. The van der Waals surface area contributed by atoms with Gasteiger partial charge in [-0.05, 0) is 62.1 Å². The minimum atomic E-state index is -2.33. The van der Waals surface area contributed by atoms with Gasteiger partial charge in [0.25, 0.3) is 12.3 Å². The molecule has 0 aromatic carbocycles. The van der Waals surface area contributed by atoms with Crippen LogP contribution in [0.1, 0.15) is 60.5 Å². The van der Waals surface area contributed by atoms with Gasteiger partial charge in [0, 0.05) is 24.5 Å². The van der Waals surface area contributed by atoms with Gasteiger partial charge < -0.3 is 10.6 Å². The van der Waals surface area contributed by atoms with Gasteiger partial charge in [0.1, 0.15) is 17.8 Å². The van der Waals surface area contributed by atoms with E-state index in [9.17, 15) is 13.6 Å². The number of carbonyl (C=O) groups is 1. The van der Waals surface area contributed by atoms with E-state index in [-0.39, 0.29) is 24.5 Å². The molecule has 1 amide bonds. The van der Waals surface area contributed by atoms with Gasteiger partial charge in [-0.25, -0.2) is 18.7 Å². The van der Waals surface area contributed by atoms with Crippen LogP contribution < -0.4 is 10.6 Å². The summed E-state index contributed by atoms with van der Waals surface area (Å²) in [6, 6.07) is 4.07. The first-order valence-electron chi connectivity index (χ1n) is 9.91. The average molecular weight is 389 g/mol. The fourth-order valence-corrected chi connectivity index (χ4v) is 3.79. The molecule has 4 rings (SSSR count). The summed E-state index contributed by atoms with van der Waals surface area (Å²) in [7, 11) is 0. The molecule has 6 nitrogen and oxygen atoms in total. The van der Waals surface area contributed by atoms with E-state index in [1.165, 1.54) is 0 Å². The number of rotatable bonds is 7. The predicted octanol–water partition coefficient (Wildman–Crippen LogP) is 3.04. The quantitative estimate of drug-likeness (QED) is 0.764. The molecule has 2 aliphatic carbocycles. The highest BCUT2D eigenvalue weighted by atomic mass is 19.3. The number of hydrogen-bond donors (Lipinski definition) is 2. The lowest BCUT2D eigenvalue weighted by atomic mass is 9.91. The monoisotopic (exact) mass is 389 g/mol. The molecular formula is C20H25F2N5O. The topological polar surface area (TPSA) is 71.8 Å². The Bertz CT molecular complexity index is 799. The molecule has 0 atom stereocenters. The first-order valence-corrected chi connectivity index (χ1v) is 9.91. The third kappa shape index (κ3) is 4.73. The number of nitrogens with one attached hydrogen (secondary N) is 2. The molecule has 28 heavy (non-hydrogen) atoms. The highest BCUT2D eigenvalue weighted by Crippen LogP contribution is 2.40. The highest BCUT2D eigenvalue weighted by Gasteiger charge is 2.27. The standard InChI is InChI=1S/C20H25F2N5O/c21-18(22)11-24-15-3-5-16(6-4-15)25-20(28)17-9-14(13-1-2-13)10-19(26-17)27-8-7-23-12-27/h7-10,12-13,15-16,18,24H,1-6,11H2,(H,25,28)/t15-,16-. The summed E-state index contributed by atoms with van der Waals surface area (Å²) in [4.78, 5) is 21.4. The first-order chi connectivity index (χ1) is 13.6. The Hall–Kier alpha value is -2.35. The first kappa shape index (κ1) is 19.0. The number of amides is 1. The van der Waals surface area contributed by atoms with Crippen LogP contribution in [0, 0.1) is 0 Å². The van der Waals surface area contributed by atoms with Crippen LogP contribution in [0.5, 0.6) is 0 Å². The molecule has 0 unspecified atom stereocenters. The number of aromatic nitrogens is 3. The lowest BCUT2D eigenvalue weighted by molar-refractivity contribution is 0.0917. The molecule has 0 spiro atoms. The van der Waals surface area contributed by atoms with E-state index in [0.717, 1.165) is 44.1 Å². The van der Waals surface area contributed by atoms with Crippen molar-refractivity contribution in [3.63, 3.8) is 0 Å². The number of halogens is 2. The van der Waals surface area contributed by atoms with Crippen LogP contribution in [0.3, 0.4) is 0 Å². The van der Waals surface area contributed by atoms with Crippen molar-refractivity contribution >= 4 is 5.91 Å². The maximum Gasteiger partial charge on any atom is 0.270 e.